The van der Waals surface area contributed by atoms with E-state index in [0.29, 0.717) is 0 Å². The van der Waals surface area contributed by atoms with Crippen LogP contribution in [0.3, 0.4) is 0 Å². The van der Waals surface area contributed by atoms with E-state index < -0.39 is 10.0 Å². The summed E-state index contributed by atoms with van der Waals surface area (Å²) >= 11 is 0. The fourth-order valence-corrected chi connectivity index (χ4v) is 6.04. The summed E-state index contributed by atoms with van der Waals surface area (Å²) in [4.78, 5) is 12.1. The van der Waals surface area contributed by atoms with E-state index in [4.69, 9.17) is 0 Å². The van der Waals surface area contributed by atoms with Crippen molar-refractivity contribution in [2.45, 2.75) is 49.9 Å². The zero-order valence-corrected chi connectivity index (χ0v) is 16.0. The monoisotopic (exact) mass is 385 g/mol. The summed E-state index contributed by atoms with van der Waals surface area (Å²) in [6.07, 6.45) is 8.59. The average molecular weight is 385 g/mol. The highest BCUT2D eigenvalue weighted by Crippen LogP contribution is 2.42. The third-order valence-electron chi connectivity index (χ3n) is 5.93. The topological polar surface area (TPSA) is 92.7 Å². The van der Waals surface area contributed by atoms with Gasteiger partial charge < -0.3 is 9.55 Å². The van der Waals surface area contributed by atoms with Gasteiger partial charge in [-0.3, -0.25) is 0 Å². The van der Waals surface area contributed by atoms with Gasteiger partial charge in [0.05, 0.1) is 23.3 Å². The number of aromatic amines is 1. The molecule has 2 N–H and O–H groups in total. The smallest absolute Gasteiger partial charge is 0.214 e. The zero-order chi connectivity index (χ0) is 18.8. The Balaban J connectivity index is 1.54. The normalized spacial score (nSPS) is 26.2. The molecule has 2 fully saturated rings. The lowest BCUT2D eigenvalue weighted by molar-refractivity contribution is 0.435. The van der Waals surface area contributed by atoms with Crippen molar-refractivity contribution in [3.63, 3.8) is 0 Å². The highest BCUT2D eigenvalue weighted by atomic mass is 32.2. The summed E-state index contributed by atoms with van der Waals surface area (Å²) in [6.45, 7) is 6.21. The van der Waals surface area contributed by atoms with Crippen LogP contribution >= 0.6 is 0 Å². The number of nitrogens with one attached hydrogen (secondary N) is 2. The summed E-state index contributed by atoms with van der Waals surface area (Å²) < 4.78 is 30.0. The molecule has 2 saturated carbocycles. The number of pyridine rings is 1. The van der Waals surface area contributed by atoms with Crippen molar-refractivity contribution < 1.29 is 8.42 Å². The molecule has 7 nitrogen and oxygen atoms in total. The summed E-state index contributed by atoms with van der Waals surface area (Å²) in [6, 6.07) is 2.07. The second kappa shape index (κ2) is 5.90. The molecule has 5 rings (SSSR count). The maximum Gasteiger partial charge on any atom is 0.214 e. The minimum absolute atomic E-state index is 0.0664. The first-order chi connectivity index (χ1) is 12.9. The molecule has 0 amide bonds. The van der Waals surface area contributed by atoms with Crippen LogP contribution in [-0.4, -0.2) is 39.2 Å². The van der Waals surface area contributed by atoms with Crippen LogP contribution in [0.4, 0.5) is 0 Å². The van der Waals surface area contributed by atoms with Crippen LogP contribution in [0.5, 0.6) is 0 Å². The molecule has 0 aliphatic heterocycles. The predicted octanol–water partition coefficient (Wildman–Crippen LogP) is 2.89. The number of H-pyrrole nitrogens is 1. The van der Waals surface area contributed by atoms with Gasteiger partial charge in [-0.1, -0.05) is 12.2 Å². The second-order valence-electron chi connectivity index (χ2n) is 7.93. The van der Waals surface area contributed by atoms with E-state index >= 15 is 0 Å². The number of sulfonamides is 1. The van der Waals surface area contributed by atoms with Gasteiger partial charge in [-0.2, -0.15) is 0 Å². The van der Waals surface area contributed by atoms with Crippen LogP contribution in [0.25, 0.3) is 22.1 Å². The van der Waals surface area contributed by atoms with E-state index in [1.165, 1.54) is 0 Å². The number of imidazole rings is 1. The Morgan fingerprint density at radius 3 is 2.89 bits per heavy atom. The molecule has 3 aromatic heterocycles. The molecule has 0 saturated heterocycles. The first-order valence-corrected chi connectivity index (χ1v) is 10.9. The van der Waals surface area contributed by atoms with E-state index in [-0.39, 0.29) is 23.3 Å². The lowest BCUT2D eigenvalue weighted by Gasteiger charge is -2.22. The van der Waals surface area contributed by atoms with Gasteiger partial charge >= 0.3 is 0 Å². The van der Waals surface area contributed by atoms with Crippen molar-refractivity contribution in [1.29, 1.82) is 0 Å². The van der Waals surface area contributed by atoms with Crippen molar-refractivity contribution in [2.24, 2.45) is 5.92 Å². The molecule has 3 aromatic rings. The number of nitrogens with zero attached hydrogens (tertiary/aromatic N) is 3. The fourth-order valence-electron chi connectivity index (χ4n) is 4.44. The summed E-state index contributed by atoms with van der Waals surface area (Å²) in [5.74, 6) is 0.205. The SMILES string of the molecule is C=C(C)[C@@H]1C[C@H](NS(=O)(=O)C2CC2)C[C@@H]1n1cnc2cnc3[nH]ccc3c21. The van der Waals surface area contributed by atoms with Crippen molar-refractivity contribution in [1.82, 2.24) is 24.2 Å². The Kier molecular flexibility index (Phi) is 3.70. The summed E-state index contributed by atoms with van der Waals surface area (Å²) in [5.41, 5.74) is 3.81. The standard InChI is InChI=1S/C19H23N5O2S/c1-11(2)15-7-12(23-27(25,26)13-3-4-13)8-17(15)24-10-22-16-9-21-19-14(18(16)24)5-6-20-19/h5-6,9-10,12-13,15,17,23H,1,3-4,7-8H2,2H3,(H,20,21)/t12-,15-,17-/m0/s1. The van der Waals surface area contributed by atoms with Crippen molar-refractivity contribution in [3.05, 3.63) is 36.9 Å². The van der Waals surface area contributed by atoms with Gasteiger partial charge in [0.1, 0.15) is 11.2 Å². The maximum absolute atomic E-state index is 12.4. The van der Waals surface area contributed by atoms with Gasteiger partial charge in [0, 0.05) is 29.6 Å². The molecule has 2 aliphatic carbocycles. The molecule has 0 bridgehead atoms. The van der Waals surface area contributed by atoms with Crippen molar-refractivity contribution in [2.75, 3.05) is 0 Å². The van der Waals surface area contributed by atoms with Crippen molar-refractivity contribution >= 4 is 32.1 Å². The number of rotatable bonds is 5. The minimum Gasteiger partial charge on any atom is -0.346 e. The molecule has 142 valence electrons. The van der Waals surface area contributed by atoms with Gasteiger partial charge in [-0.25, -0.2) is 23.1 Å². The lowest BCUT2D eigenvalue weighted by Crippen LogP contribution is -2.35. The summed E-state index contributed by atoms with van der Waals surface area (Å²) in [7, 11) is -3.20. The number of hydrogen-bond acceptors (Lipinski definition) is 4. The first-order valence-electron chi connectivity index (χ1n) is 9.39. The number of hydrogen-bond donors (Lipinski definition) is 2. The van der Waals surface area contributed by atoms with Gasteiger partial charge in [0.25, 0.3) is 0 Å². The highest BCUT2D eigenvalue weighted by Gasteiger charge is 2.42. The Morgan fingerprint density at radius 2 is 2.15 bits per heavy atom. The lowest BCUT2D eigenvalue weighted by atomic mass is 9.96. The molecule has 27 heavy (non-hydrogen) atoms. The van der Waals surface area contributed by atoms with Gasteiger partial charge in [0.2, 0.25) is 10.0 Å². The third kappa shape index (κ3) is 2.78. The molecule has 0 radical (unpaired) electrons. The molecular formula is C19H23N5O2S. The Labute approximate surface area is 157 Å². The Hall–Kier alpha value is -2.19. The largest absolute Gasteiger partial charge is 0.346 e. The molecule has 2 aliphatic rings. The van der Waals surface area contributed by atoms with Crippen LogP contribution in [0.2, 0.25) is 0 Å². The van der Waals surface area contributed by atoms with Gasteiger partial charge in [-0.05, 0) is 38.7 Å². The van der Waals surface area contributed by atoms with Crippen LogP contribution in [0.15, 0.2) is 36.9 Å². The third-order valence-corrected chi connectivity index (χ3v) is 7.94. The molecule has 3 atom stereocenters. The van der Waals surface area contributed by atoms with E-state index in [2.05, 4.69) is 30.8 Å². The minimum atomic E-state index is -3.20. The maximum atomic E-state index is 12.4. The summed E-state index contributed by atoms with van der Waals surface area (Å²) in [5, 5.41) is 0.840. The van der Waals surface area contributed by atoms with Crippen LogP contribution in [-0.2, 0) is 10.0 Å². The number of aromatic nitrogens is 4. The molecule has 8 heteroatoms. The van der Waals surface area contributed by atoms with E-state index in [1.807, 2.05) is 25.5 Å². The second-order valence-corrected chi connectivity index (χ2v) is 9.93. The number of fused-ring (bicyclic) bond motifs is 3. The predicted molar refractivity (Wildman–Crippen MR) is 105 cm³/mol. The Morgan fingerprint density at radius 1 is 1.33 bits per heavy atom. The quantitative estimate of drug-likeness (QED) is 0.661. The van der Waals surface area contributed by atoms with E-state index in [0.717, 1.165) is 53.3 Å². The molecule has 0 spiro atoms. The van der Waals surface area contributed by atoms with E-state index in [9.17, 15) is 8.42 Å². The Bertz CT molecular complexity index is 1140. The van der Waals surface area contributed by atoms with Crippen LogP contribution < -0.4 is 4.72 Å². The average Bonchev–Trinajstić information content (AvgIpc) is 3.05. The van der Waals surface area contributed by atoms with Gasteiger partial charge in [0.15, 0.2) is 0 Å². The van der Waals surface area contributed by atoms with Crippen LogP contribution in [0, 0.1) is 5.92 Å². The number of allylic oxidation sites excluding steroid dienone is 1. The fraction of sp³-hybridized carbons (Fsp3) is 0.474. The zero-order valence-electron chi connectivity index (χ0n) is 15.2. The van der Waals surface area contributed by atoms with Crippen LogP contribution in [0.1, 0.15) is 38.6 Å². The molecule has 0 unspecified atom stereocenters. The molecule has 0 aromatic carbocycles. The first kappa shape index (κ1) is 16.9. The van der Waals surface area contributed by atoms with E-state index in [1.54, 1.807) is 6.20 Å². The molecular weight excluding hydrogens is 362 g/mol. The van der Waals surface area contributed by atoms with Gasteiger partial charge in [-0.15, -0.1) is 0 Å². The highest BCUT2D eigenvalue weighted by molar-refractivity contribution is 7.90. The van der Waals surface area contributed by atoms with Crippen molar-refractivity contribution in [3.8, 4) is 0 Å². The molecule has 3 heterocycles.